The standard InChI is InChI=1S/C24H17Cl2N3O7/c1-33-20-8-13(9-21(34-2)23(20)35-3)24(30)36-22-15(6-16(25)10-18(22)26)12-28-19-5-4-17(29(31)32)7-14(19)11-27/h4-10,12H,1-3H3. The van der Waals surface area contributed by atoms with Crippen molar-refractivity contribution in [1.82, 2.24) is 0 Å². The summed E-state index contributed by atoms with van der Waals surface area (Å²) in [5, 5.41) is 20.6. The maximum Gasteiger partial charge on any atom is 0.343 e. The summed E-state index contributed by atoms with van der Waals surface area (Å²) >= 11 is 12.4. The number of halogens is 2. The van der Waals surface area contributed by atoms with Crippen LogP contribution >= 0.6 is 23.2 Å². The highest BCUT2D eigenvalue weighted by Crippen LogP contribution is 2.39. The number of hydrogen-bond acceptors (Lipinski definition) is 9. The van der Waals surface area contributed by atoms with Crippen LogP contribution in [-0.4, -0.2) is 38.4 Å². The van der Waals surface area contributed by atoms with E-state index >= 15 is 0 Å². The molecule has 0 fully saturated rings. The minimum Gasteiger partial charge on any atom is -0.493 e. The quantitative estimate of drug-likeness (QED) is 0.118. The number of aliphatic imine (C=N–C) groups is 1. The third-order valence-corrected chi connectivity index (χ3v) is 5.29. The molecule has 12 heteroatoms. The van der Waals surface area contributed by atoms with Gasteiger partial charge in [-0.2, -0.15) is 5.26 Å². The second kappa shape index (κ2) is 11.4. The fourth-order valence-corrected chi connectivity index (χ4v) is 3.66. The Morgan fingerprint density at radius 3 is 2.25 bits per heavy atom. The molecule has 184 valence electrons. The first-order chi connectivity index (χ1) is 17.2. The molecule has 0 aromatic heterocycles. The summed E-state index contributed by atoms with van der Waals surface area (Å²) in [4.78, 5) is 27.6. The molecule has 0 amide bonds. The van der Waals surface area contributed by atoms with E-state index in [0.717, 1.165) is 6.07 Å². The Balaban J connectivity index is 2.01. The van der Waals surface area contributed by atoms with Gasteiger partial charge in [0.2, 0.25) is 5.75 Å². The van der Waals surface area contributed by atoms with Gasteiger partial charge in [-0.25, -0.2) is 4.79 Å². The highest BCUT2D eigenvalue weighted by molar-refractivity contribution is 6.36. The van der Waals surface area contributed by atoms with Crippen molar-refractivity contribution < 1.29 is 28.7 Å². The van der Waals surface area contributed by atoms with Crippen molar-refractivity contribution >= 4 is 46.8 Å². The van der Waals surface area contributed by atoms with Crippen LogP contribution in [0, 0.1) is 21.4 Å². The minimum absolute atomic E-state index is 0.0222. The highest BCUT2D eigenvalue weighted by atomic mass is 35.5. The van der Waals surface area contributed by atoms with Crippen molar-refractivity contribution in [1.29, 1.82) is 5.26 Å². The molecular weight excluding hydrogens is 513 g/mol. The molecule has 0 aliphatic rings. The third kappa shape index (κ3) is 5.66. The van der Waals surface area contributed by atoms with Gasteiger partial charge in [-0.1, -0.05) is 23.2 Å². The summed E-state index contributed by atoms with van der Waals surface area (Å²) in [7, 11) is 4.25. The number of non-ortho nitro benzene ring substituents is 1. The van der Waals surface area contributed by atoms with Gasteiger partial charge in [-0.05, 0) is 30.3 Å². The average Bonchev–Trinajstić information content (AvgIpc) is 2.87. The third-order valence-electron chi connectivity index (χ3n) is 4.79. The minimum atomic E-state index is -0.791. The fourth-order valence-electron chi connectivity index (χ4n) is 3.11. The van der Waals surface area contributed by atoms with Crippen LogP contribution in [0.15, 0.2) is 47.5 Å². The van der Waals surface area contributed by atoms with Crippen LogP contribution in [0.2, 0.25) is 10.0 Å². The molecule has 0 aliphatic heterocycles. The molecule has 0 unspecified atom stereocenters. The van der Waals surface area contributed by atoms with E-state index in [4.69, 9.17) is 42.1 Å². The van der Waals surface area contributed by atoms with Gasteiger partial charge in [0.15, 0.2) is 17.2 Å². The zero-order valence-electron chi connectivity index (χ0n) is 19.1. The predicted molar refractivity (Wildman–Crippen MR) is 133 cm³/mol. The van der Waals surface area contributed by atoms with Crippen molar-refractivity contribution in [2.24, 2.45) is 4.99 Å². The van der Waals surface area contributed by atoms with Gasteiger partial charge in [-0.3, -0.25) is 15.1 Å². The topological polar surface area (TPSA) is 133 Å². The molecule has 3 aromatic rings. The Labute approximate surface area is 215 Å². The molecule has 0 aliphatic carbocycles. The van der Waals surface area contributed by atoms with Gasteiger partial charge in [0.25, 0.3) is 5.69 Å². The zero-order valence-corrected chi connectivity index (χ0v) is 20.6. The predicted octanol–water partition coefficient (Wildman–Crippen LogP) is 5.77. The molecule has 36 heavy (non-hydrogen) atoms. The van der Waals surface area contributed by atoms with E-state index in [0.29, 0.717) is 5.75 Å². The molecule has 0 heterocycles. The van der Waals surface area contributed by atoms with Gasteiger partial charge in [0.1, 0.15) is 6.07 Å². The maximum absolute atomic E-state index is 13.0. The SMILES string of the molecule is COc1cc(C(=O)Oc2c(Cl)cc(Cl)cc2C=Nc2ccc([N+](=O)[O-])cc2C#N)cc(OC)c1OC. The lowest BCUT2D eigenvalue weighted by Crippen LogP contribution is -2.11. The normalized spacial score (nSPS) is 10.6. The summed E-state index contributed by atoms with van der Waals surface area (Å²) in [6.45, 7) is 0. The Morgan fingerprint density at radius 1 is 1.03 bits per heavy atom. The number of carbonyl (C=O) groups is 1. The lowest BCUT2D eigenvalue weighted by atomic mass is 10.1. The number of nitrogens with zero attached hydrogens (tertiary/aromatic N) is 3. The number of hydrogen-bond donors (Lipinski definition) is 0. The summed E-state index contributed by atoms with van der Waals surface area (Å²) in [5.41, 5.74) is 0.179. The Hall–Kier alpha value is -4.33. The van der Waals surface area contributed by atoms with Gasteiger partial charge in [0, 0.05) is 28.9 Å². The lowest BCUT2D eigenvalue weighted by Gasteiger charge is -2.14. The molecule has 0 radical (unpaired) electrons. The van der Waals surface area contributed by atoms with Gasteiger partial charge < -0.3 is 18.9 Å². The largest absolute Gasteiger partial charge is 0.493 e. The van der Waals surface area contributed by atoms with Gasteiger partial charge in [0.05, 0.1) is 48.1 Å². The second-order valence-electron chi connectivity index (χ2n) is 6.94. The number of benzene rings is 3. The van der Waals surface area contributed by atoms with Crippen LogP contribution in [0.4, 0.5) is 11.4 Å². The highest BCUT2D eigenvalue weighted by Gasteiger charge is 2.21. The van der Waals surface area contributed by atoms with E-state index < -0.39 is 10.9 Å². The van der Waals surface area contributed by atoms with E-state index in [2.05, 4.69) is 4.99 Å². The number of methoxy groups -OCH3 is 3. The van der Waals surface area contributed by atoms with Gasteiger partial charge in [-0.15, -0.1) is 0 Å². The molecule has 10 nitrogen and oxygen atoms in total. The molecule has 3 aromatic carbocycles. The van der Waals surface area contributed by atoms with Crippen LogP contribution < -0.4 is 18.9 Å². The number of nitro benzene ring substituents is 1. The molecule has 0 N–H and O–H groups in total. The first kappa shape index (κ1) is 26.3. The van der Waals surface area contributed by atoms with E-state index in [1.807, 2.05) is 6.07 Å². The second-order valence-corrected chi connectivity index (χ2v) is 7.78. The summed E-state index contributed by atoms with van der Waals surface area (Å²) in [6.07, 6.45) is 1.28. The first-order valence-corrected chi connectivity index (χ1v) is 10.7. The smallest absolute Gasteiger partial charge is 0.343 e. The number of rotatable bonds is 8. The fraction of sp³-hybridized carbons (Fsp3) is 0.125. The summed E-state index contributed by atoms with van der Waals surface area (Å²) in [6, 6.07) is 11.2. The van der Waals surface area contributed by atoms with E-state index in [1.54, 1.807) is 0 Å². The van der Waals surface area contributed by atoms with Crippen molar-refractivity contribution in [3.8, 4) is 29.1 Å². The number of ether oxygens (including phenoxy) is 4. The van der Waals surface area contributed by atoms with Crippen molar-refractivity contribution in [2.75, 3.05) is 21.3 Å². The lowest BCUT2D eigenvalue weighted by molar-refractivity contribution is -0.384. The summed E-state index contributed by atoms with van der Waals surface area (Å²) < 4.78 is 21.4. The van der Waals surface area contributed by atoms with Crippen molar-refractivity contribution in [2.45, 2.75) is 0 Å². The number of nitriles is 1. The van der Waals surface area contributed by atoms with E-state index in [1.165, 1.54) is 63.9 Å². The van der Waals surface area contributed by atoms with Crippen LogP contribution in [0.5, 0.6) is 23.0 Å². The Bertz CT molecular complexity index is 1390. The number of carbonyl (C=O) groups excluding carboxylic acids is 1. The zero-order chi connectivity index (χ0) is 26.4. The van der Waals surface area contributed by atoms with Crippen molar-refractivity contribution in [3.05, 3.63) is 79.3 Å². The number of esters is 1. The maximum atomic E-state index is 13.0. The molecule has 0 spiro atoms. The first-order valence-electron chi connectivity index (χ1n) is 9.96. The molecule has 3 rings (SSSR count). The Kier molecular flexibility index (Phi) is 8.32. The van der Waals surface area contributed by atoms with Gasteiger partial charge >= 0.3 is 5.97 Å². The molecule has 0 saturated carbocycles. The van der Waals surface area contributed by atoms with E-state index in [-0.39, 0.29) is 55.4 Å². The van der Waals surface area contributed by atoms with Crippen molar-refractivity contribution in [3.63, 3.8) is 0 Å². The van der Waals surface area contributed by atoms with E-state index in [9.17, 15) is 20.2 Å². The average molecular weight is 530 g/mol. The molecular formula is C24H17Cl2N3O7. The molecule has 0 atom stereocenters. The van der Waals surface area contributed by atoms with Crippen LogP contribution in [-0.2, 0) is 0 Å². The van der Waals surface area contributed by atoms with Crippen LogP contribution in [0.25, 0.3) is 0 Å². The van der Waals surface area contributed by atoms with Crippen LogP contribution in [0.3, 0.4) is 0 Å². The van der Waals surface area contributed by atoms with Crippen LogP contribution in [0.1, 0.15) is 21.5 Å². The molecule has 0 saturated heterocycles. The Morgan fingerprint density at radius 2 is 1.69 bits per heavy atom. The summed E-state index contributed by atoms with van der Waals surface area (Å²) in [5.74, 6) is -0.0551. The molecule has 0 bridgehead atoms. The monoisotopic (exact) mass is 529 g/mol. The number of nitro groups is 1.